The summed E-state index contributed by atoms with van der Waals surface area (Å²) >= 11 is 0. The SMILES string of the molecule is Cc1ccc(C(=O)N2CCC(C)CC2CN)cc1S(C)(=O)=O. The van der Waals surface area contributed by atoms with E-state index in [9.17, 15) is 13.2 Å². The van der Waals surface area contributed by atoms with Crippen molar-refractivity contribution in [2.24, 2.45) is 11.7 Å². The minimum atomic E-state index is -3.34. The van der Waals surface area contributed by atoms with Gasteiger partial charge in [0, 0.05) is 31.0 Å². The molecular weight excluding hydrogens is 300 g/mol. The number of carbonyl (C=O) groups is 1. The summed E-state index contributed by atoms with van der Waals surface area (Å²) in [5, 5.41) is 0. The predicted octanol–water partition coefficient (Wildman–Crippen LogP) is 1.60. The molecule has 22 heavy (non-hydrogen) atoms. The second kappa shape index (κ2) is 6.38. The number of aryl methyl sites for hydroxylation is 1. The second-order valence-electron chi connectivity index (χ2n) is 6.27. The molecule has 0 saturated carbocycles. The van der Waals surface area contributed by atoms with Crippen molar-refractivity contribution >= 4 is 15.7 Å². The number of rotatable bonds is 3. The van der Waals surface area contributed by atoms with Crippen molar-refractivity contribution in [3.63, 3.8) is 0 Å². The van der Waals surface area contributed by atoms with Crippen LogP contribution >= 0.6 is 0 Å². The Labute approximate surface area is 132 Å². The molecule has 122 valence electrons. The van der Waals surface area contributed by atoms with Gasteiger partial charge in [0.25, 0.3) is 5.91 Å². The molecule has 0 aliphatic carbocycles. The Kier molecular flexibility index (Phi) is 4.92. The topological polar surface area (TPSA) is 80.5 Å². The van der Waals surface area contributed by atoms with Gasteiger partial charge in [-0.05, 0) is 43.4 Å². The largest absolute Gasteiger partial charge is 0.334 e. The third kappa shape index (κ3) is 3.50. The molecule has 2 N–H and O–H groups in total. The zero-order valence-corrected chi connectivity index (χ0v) is 14.2. The van der Waals surface area contributed by atoms with Gasteiger partial charge in [-0.3, -0.25) is 4.79 Å². The summed E-state index contributed by atoms with van der Waals surface area (Å²) in [5.74, 6) is 0.425. The van der Waals surface area contributed by atoms with Gasteiger partial charge < -0.3 is 10.6 Å². The third-order valence-corrected chi connectivity index (χ3v) is 5.58. The van der Waals surface area contributed by atoms with Crippen molar-refractivity contribution in [3.8, 4) is 0 Å². The first kappa shape index (κ1) is 17.0. The number of nitrogens with zero attached hydrogens (tertiary/aromatic N) is 1. The van der Waals surface area contributed by atoms with E-state index < -0.39 is 9.84 Å². The van der Waals surface area contributed by atoms with E-state index in [1.54, 1.807) is 24.0 Å². The quantitative estimate of drug-likeness (QED) is 0.916. The van der Waals surface area contributed by atoms with E-state index in [1.165, 1.54) is 6.07 Å². The van der Waals surface area contributed by atoms with Gasteiger partial charge in [-0.25, -0.2) is 8.42 Å². The zero-order valence-electron chi connectivity index (χ0n) is 13.4. The molecule has 5 nitrogen and oxygen atoms in total. The highest BCUT2D eigenvalue weighted by atomic mass is 32.2. The molecule has 6 heteroatoms. The summed E-state index contributed by atoms with van der Waals surface area (Å²) < 4.78 is 23.6. The normalized spacial score (nSPS) is 22.6. The van der Waals surface area contributed by atoms with Crippen LogP contribution in [0.4, 0.5) is 0 Å². The fourth-order valence-corrected chi connectivity index (χ4v) is 4.03. The van der Waals surface area contributed by atoms with Crippen molar-refractivity contribution in [3.05, 3.63) is 29.3 Å². The van der Waals surface area contributed by atoms with E-state index in [1.807, 2.05) is 0 Å². The van der Waals surface area contributed by atoms with Crippen LogP contribution in [0, 0.1) is 12.8 Å². The van der Waals surface area contributed by atoms with Gasteiger partial charge in [-0.1, -0.05) is 13.0 Å². The van der Waals surface area contributed by atoms with Crippen LogP contribution in [0.25, 0.3) is 0 Å². The standard InChI is InChI=1S/C16H24N2O3S/c1-11-6-7-18(14(8-11)10-17)16(19)13-5-4-12(2)15(9-13)22(3,20)21/h4-5,9,11,14H,6-8,10,17H2,1-3H3. The molecule has 1 saturated heterocycles. The Balaban J connectivity index is 2.33. The molecule has 2 atom stereocenters. The molecule has 0 aromatic heterocycles. The molecule has 1 aliphatic heterocycles. The van der Waals surface area contributed by atoms with Crippen LogP contribution in [0.2, 0.25) is 0 Å². The average molecular weight is 324 g/mol. The molecule has 1 fully saturated rings. The van der Waals surface area contributed by atoms with E-state index in [0.717, 1.165) is 19.1 Å². The monoisotopic (exact) mass is 324 g/mol. The Morgan fingerprint density at radius 1 is 1.41 bits per heavy atom. The summed E-state index contributed by atoms with van der Waals surface area (Å²) in [6, 6.07) is 4.89. The van der Waals surface area contributed by atoms with Gasteiger partial charge in [0.2, 0.25) is 0 Å². The van der Waals surface area contributed by atoms with Crippen molar-refractivity contribution in [2.75, 3.05) is 19.3 Å². The number of benzene rings is 1. The van der Waals surface area contributed by atoms with Crippen LogP contribution in [0.3, 0.4) is 0 Å². The molecule has 2 rings (SSSR count). The Bertz CT molecular complexity index is 670. The van der Waals surface area contributed by atoms with E-state index >= 15 is 0 Å². The fraction of sp³-hybridized carbons (Fsp3) is 0.562. The zero-order chi connectivity index (χ0) is 16.5. The molecule has 0 bridgehead atoms. The van der Waals surface area contributed by atoms with Crippen LogP contribution in [-0.4, -0.2) is 44.6 Å². The van der Waals surface area contributed by atoms with E-state index in [0.29, 0.717) is 30.1 Å². The molecule has 1 aromatic rings. The summed E-state index contributed by atoms with van der Waals surface area (Å²) in [6.45, 7) is 5.00. The Morgan fingerprint density at radius 2 is 2.09 bits per heavy atom. The van der Waals surface area contributed by atoms with Crippen molar-refractivity contribution in [1.82, 2.24) is 4.90 Å². The van der Waals surface area contributed by atoms with Gasteiger partial charge in [0.1, 0.15) is 0 Å². The number of nitrogens with two attached hydrogens (primary N) is 1. The number of sulfone groups is 1. The predicted molar refractivity (Wildman–Crippen MR) is 86.6 cm³/mol. The van der Waals surface area contributed by atoms with Gasteiger partial charge in [-0.15, -0.1) is 0 Å². The van der Waals surface area contributed by atoms with E-state index in [2.05, 4.69) is 6.92 Å². The smallest absolute Gasteiger partial charge is 0.254 e. The van der Waals surface area contributed by atoms with E-state index in [-0.39, 0.29) is 16.8 Å². The maximum absolute atomic E-state index is 12.7. The minimum absolute atomic E-state index is 0.0271. The van der Waals surface area contributed by atoms with Crippen LogP contribution in [0.5, 0.6) is 0 Å². The van der Waals surface area contributed by atoms with Gasteiger partial charge >= 0.3 is 0 Å². The van der Waals surface area contributed by atoms with Gasteiger partial charge in [0.05, 0.1) is 4.90 Å². The maximum Gasteiger partial charge on any atom is 0.254 e. The first-order valence-electron chi connectivity index (χ1n) is 7.55. The van der Waals surface area contributed by atoms with Crippen LogP contribution in [0.1, 0.15) is 35.7 Å². The fourth-order valence-electron chi connectivity index (χ4n) is 3.04. The number of likely N-dealkylation sites (tertiary alicyclic amines) is 1. The molecular formula is C16H24N2O3S. The first-order chi connectivity index (χ1) is 10.2. The highest BCUT2D eigenvalue weighted by molar-refractivity contribution is 7.90. The number of carbonyl (C=O) groups excluding carboxylic acids is 1. The van der Waals surface area contributed by atoms with Crippen LogP contribution in [0.15, 0.2) is 23.1 Å². The molecule has 1 aromatic carbocycles. The Morgan fingerprint density at radius 3 is 2.68 bits per heavy atom. The maximum atomic E-state index is 12.7. The van der Waals surface area contributed by atoms with Crippen molar-refractivity contribution < 1.29 is 13.2 Å². The molecule has 0 radical (unpaired) electrons. The lowest BCUT2D eigenvalue weighted by Gasteiger charge is -2.38. The lowest BCUT2D eigenvalue weighted by molar-refractivity contribution is 0.0573. The van der Waals surface area contributed by atoms with Crippen LogP contribution in [-0.2, 0) is 9.84 Å². The lowest BCUT2D eigenvalue weighted by atomic mass is 9.92. The van der Waals surface area contributed by atoms with E-state index in [4.69, 9.17) is 5.73 Å². The number of hydrogen-bond acceptors (Lipinski definition) is 4. The molecule has 1 amide bonds. The lowest BCUT2D eigenvalue weighted by Crippen LogP contribution is -2.49. The number of piperidine rings is 1. The van der Waals surface area contributed by atoms with Crippen LogP contribution < -0.4 is 5.73 Å². The average Bonchev–Trinajstić information content (AvgIpc) is 2.45. The van der Waals surface area contributed by atoms with Crippen molar-refractivity contribution in [1.29, 1.82) is 0 Å². The number of amides is 1. The second-order valence-corrected chi connectivity index (χ2v) is 8.25. The van der Waals surface area contributed by atoms with Crippen molar-refractivity contribution in [2.45, 2.75) is 37.6 Å². The Hall–Kier alpha value is -1.40. The number of hydrogen-bond donors (Lipinski definition) is 1. The highest BCUT2D eigenvalue weighted by Crippen LogP contribution is 2.25. The van der Waals surface area contributed by atoms with Gasteiger partial charge in [-0.2, -0.15) is 0 Å². The summed E-state index contributed by atoms with van der Waals surface area (Å²) in [7, 11) is -3.34. The molecule has 1 aliphatic rings. The summed E-state index contributed by atoms with van der Waals surface area (Å²) in [5.41, 5.74) is 6.88. The van der Waals surface area contributed by atoms with Gasteiger partial charge in [0.15, 0.2) is 9.84 Å². The minimum Gasteiger partial charge on any atom is -0.334 e. The first-order valence-corrected chi connectivity index (χ1v) is 9.45. The molecule has 1 heterocycles. The summed E-state index contributed by atoms with van der Waals surface area (Å²) in [4.78, 5) is 14.7. The summed E-state index contributed by atoms with van der Waals surface area (Å²) in [6.07, 6.45) is 3.01. The third-order valence-electron chi connectivity index (χ3n) is 4.35. The highest BCUT2D eigenvalue weighted by Gasteiger charge is 2.30. The molecule has 2 unspecified atom stereocenters. The molecule has 0 spiro atoms.